The third-order valence-electron chi connectivity index (χ3n) is 8.50. The second-order valence-corrected chi connectivity index (χ2v) is 35.4. The second kappa shape index (κ2) is 13.4. The fourth-order valence-corrected chi connectivity index (χ4v) is 26.1. The maximum absolute atomic E-state index is 10.6. The van der Waals surface area contributed by atoms with Crippen LogP contribution in [0.15, 0.2) is 109 Å². The summed E-state index contributed by atoms with van der Waals surface area (Å²) in [6.45, 7) is 22.1. The Morgan fingerprint density at radius 2 is 0.818 bits per heavy atom. The first-order chi connectivity index (χ1) is 20.4. The van der Waals surface area contributed by atoms with Gasteiger partial charge in [-0.05, 0) is 96.6 Å². The molecule has 4 nitrogen and oxygen atoms in total. The zero-order chi connectivity index (χ0) is 32.4. The molecule has 4 rings (SSSR count). The predicted octanol–water partition coefficient (Wildman–Crippen LogP) is 4.32. The number of benzene rings is 4. The highest BCUT2D eigenvalue weighted by Gasteiger charge is 2.46. The summed E-state index contributed by atoms with van der Waals surface area (Å²) in [5.41, 5.74) is 0. The van der Waals surface area contributed by atoms with Gasteiger partial charge in [-0.2, -0.15) is 0 Å². The van der Waals surface area contributed by atoms with Crippen molar-refractivity contribution >= 4 is 82.0 Å². The van der Waals surface area contributed by atoms with Crippen LogP contribution in [0.1, 0.15) is 0 Å². The SMILES string of the molecule is C[SiH](O[Si](C)(C)c1ccc([Si](C)(C)O[Si](C)(O[Si](C)(C)c2ccc([Si](C)(C)O)cc2)c2ccccc2)cc1)c1ccccc1. The molecule has 0 fully saturated rings. The van der Waals surface area contributed by atoms with E-state index in [1.165, 1.54) is 20.7 Å². The molecule has 0 aromatic heterocycles. The van der Waals surface area contributed by atoms with Gasteiger partial charge < -0.3 is 17.1 Å². The van der Waals surface area contributed by atoms with E-state index in [1.807, 2.05) is 13.1 Å². The first-order valence-corrected chi connectivity index (χ1v) is 31.8. The van der Waals surface area contributed by atoms with Crippen LogP contribution in [0.5, 0.6) is 0 Å². The first-order valence-electron chi connectivity index (χ1n) is 15.6. The second-order valence-electron chi connectivity index (χ2n) is 13.9. The van der Waals surface area contributed by atoms with Crippen LogP contribution in [0, 0.1) is 0 Å². The molecule has 0 saturated carbocycles. The van der Waals surface area contributed by atoms with Crippen LogP contribution in [-0.4, -0.2) is 55.7 Å². The van der Waals surface area contributed by atoms with Crippen LogP contribution in [0.4, 0.5) is 0 Å². The van der Waals surface area contributed by atoms with E-state index in [2.05, 4.69) is 162 Å². The minimum Gasteiger partial charge on any atom is -0.451 e. The van der Waals surface area contributed by atoms with Crippen LogP contribution < -0.4 is 31.1 Å². The van der Waals surface area contributed by atoms with Crippen LogP contribution in [0.25, 0.3) is 0 Å². The topological polar surface area (TPSA) is 47.9 Å². The summed E-state index contributed by atoms with van der Waals surface area (Å²) in [6.07, 6.45) is 0. The summed E-state index contributed by atoms with van der Waals surface area (Å²) in [6, 6.07) is 38.8. The fraction of sp³-hybridized carbons (Fsp3) is 0.294. The van der Waals surface area contributed by atoms with Crippen molar-refractivity contribution < 1.29 is 17.1 Å². The molecule has 4 aromatic carbocycles. The van der Waals surface area contributed by atoms with E-state index < -0.39 is 50.9 Å². The molecule has 234 valence electrons. The van der Waals surface area contributed by atoms with Crippen molar-refractivity contribution in [1.82, 2.24) is 0 Å². The van der Waals surface area contributed by atoms with Gasteiger partial charge in [0.2, 0.25) is 33.3 Å². The van der Waals surface area contributed by atoms with Gasteiger partial charge in [0.25, 0.3) is 0 Å². The van der Waals surface area contributed by atoms with E-state index in [4.69, 9.17) is 12.3 Å². The molecule has 0 aliphatic heterocycles. The average molecular weight is 691 g/mol. The van der Waals surface area contributed by atoms with Crippen LogP contribution in [0.2, 0.25) is 65.5 Å². The minimum atomic E-state index is -2.85. The molecule has 0 saturated heterocycles. The van der Waals surface area contributed by atoms with Gasteiger partial charge in [0.1, 0.15) is 0 Å². The van der Waals surface area contributed by atoms with Gasteiger partial charge in [0.15, 0.2) is 9.04 Å². The largest absolute Gasteiger partial charge is 0.451 e. The lowest BCUT2D eigenvalue weighted by Gasteiger charge is -2.41. The predicted molar refractivity (Wildman–Crippen MR) is 204 cm³/mol. The molecule has 0 aliphatic rings. The molecular weight excluding hydrogens is 641 g/mol. The zero-order valence-corrected chi connectivity index (χ0v) is 34.3. The Bertz CT molecular complexity index is 1510. The molecule has 0 amide bonds. The van der Waals surface area contributed by atoms with E-state index >= 15 is 0 Å². The molecule has 1 N–H and O–H groups in total. The van der Waals surface area contributed by atoms with E-state index in [-0.39, 0.29) is 0 Å². The summed E-state index contributed by atoms with van der Waals surface area (Å²) in [7, 11) is -13.5. The Hall–Kier alpha value is -1.98. The van der Waals surface area contributed by atoms with Crippen LogP contribution in [-0.2, 0) is 12.3 Å². The Balaban J connectivity index is 1.59. The molecule has 2 atom stereocenters. The van der Waals surface area contributed by atoms with E-state index in [9.17, 15) is 4.80 Å². The Kier molecular flexibility index (Phi) is 10.6. The fourth-order valence-electron chi connectivity index (χ4n) is 5.83. The molecule has 0 radical (unpaired) electrons. The van der Waals surface area contributed by atoms with Gasteiger partial charge in [-0.3, -0.25) is 0 Å². The zero-order valence-electron chi connectivity index (χ0n) is 28.1. The number of hydrogen-bond acceptors (Lipinski definition) is 4. The van der Waals surface area contributed by atoms with Crippen molar-refractivity contribution in [3.63, 3.8) is 0 Å². The summed E-state index contributed by atoms with van der Waals surface area (Å²) >= 11 is 0. The van der Waals surface area contributed by atoms with Gasteiger partial charge in [-0.1, -0.05) is 109 Å². The van der Waals surface area contributed by atoms with Crippen molar-refractivity contribution in [3.8, 4) is 0 Å². The van der Waals surface area contributed by atoms with Gasteiger partial charge in [-0.15, -0.1) is 0 Å². The molecule has 0 bridgehead atoms. The lowest BCUT2D eigenvalue weighted by Crippen LogP contribution is -2.66. The average Bonchev–Trinajstić information content (AvgIpc) is 2.97. The van der Waals surface area contributed by atoms with Crippen LogP contribution in [0.3, 0.4) is 0 Å². The third-order valence-corrected chi connectivity index (χ3v) is 29.1. The van der Waals surface area contributed by atoms with Crippen molar-refractivity contribution in [2.75, 3.05) is 0 Å². The highest BCUT2D eigenvalue weighted by Crippen LogP contribution is 2.22. The highest BCUT2D eigenvalue weighted by atomic mass is 28.5. The Morgan fingerprint density at radius 3 is 1.23 bits per heavy atom. The standard InChI is InChI=1S/C34H50O4Si6/c1-39(29-17-13-11-14-18-29)36-41(4,5)31-25-27-33(28-26-31)43(8,9)38-44(10,34-19-15-12-16-20-34)37-42(6,7)32-23-21-30(22-24-32)40(2,3)35/h11-28,35,39H,1-10H3. The lowest BCUT2D eigenvalue weighted by molar-refractivity contribution is 0.410. The number of rotatable bonds is 12. The third kappa shape index (κ3) is 8.43. The van der Waals surface area contributed by atoms with Crippen molar-refractivity contribution in [3.05, 3.63) is 109 Å². The summed E-state index contributed by atoms with van der Waals surface area (Å²) in [4.78, 5) is 10.6. The highest BCUT2D eigenvalue weighted by molar-refractivity contribution is 7.00. The molecule has 2 unspecified atom stereocenters. The lowest BCUT2D eigenvalue weighted by atomic mass is 10.4. The van der Waals surface area contributed by atoms with Crippen molar-refractivity contribution in [2.24, 2.45) is 0 Å². The quantitative estimate of drug-likeness (QED) is 0.225. The van der Waals surface area contributed by atoms with Gasteiger partial charge in [-0.25, -0.2) is 0 Å². The monoisotopic (exact) mass is 690 g/mol. The summed E-state index contributed by atoms with van der Waals surface area (Å²) in [5.74, 6) is 0. The number of hydrogen-bond donors (Lipinski definition) is 1. The maximum Gasteiger partial charge on any atom is 0.349 e. The van der Waals surface area contributed by atoms with Crippen molar-refractivity contribution in [2.45, 2.75) is 65.5 Å². The van der Waals surface area contributed by atoms with Crippen LogP contribution >= 0.6 is 0 Å². The molecule has 0 spiro atoms. The van der Waals surface area contributed by atoms with E-state index in [0.29, 0.717) is 0 Å². The minimum absolute atomic E-state index is 1.04. The van der Waals surface area contributed by atoms with Gasteiger partial charge >= 0.3 is 8.56 Å². The molecular formula is C34H50O4Si6. The van der Waals surface area contributed by atoms with Gasteiger partial charge in [0, 0.05) is 0 Å². The Morgan fingerprint density at radius 1 is 0.455 bits per heavy atom. The van der Waals surface area contributed by atoms with E-state index in [0.717, 1.165) is 10.4 Å². The molecule has 44 heavy (non-hydrogen) atoms. The van der Waals surface area contributed by atoms with Gasteiger partial charge in [0.05, 0.1) is 0 Å². The molecule has 0 aliphatic carbocycles. The smallest absolute Gasteiger partial charge is 0.349 e. The Labute approximate surface area is 272 Å². The summed E-state index contributed by atoms with van der Waals surface area (Å²) < 4.78 is 21.4. The molecule has 4 aromatic rings. The normalized spacial score (nSPS) is 15.1. The van der Waals surface area contributed by atoms with E-state index in [1.54, 1.807) is 0 Å². The molecule has 10 heteroatoms. The maximum atomic E-state index is 10.6. The van der Waals surface area contributed by atoms with Crippen molar-refractivity contribution in [1.29, 1.82) is 0 Å². The molecule has 0 heterocycles. The first kappa shape index (κ1) is 34.9. The summed E-state index contributed by atoms with van der Waals surface area (Å²) in [5, 5.41) is 7.32.